The second-order valence-corrected chi connectivity index (χ2v) is 2.47. The van der Waals surface area contributed by atoms with Gasteiger partial charge in [-0.25, -0.2) is 0 Å². The normalized spacial score (nSPS) is 8.57. The zero-order valence-electron chi connectivity index (χ0n) is 3.50. The van der Waals surface area contributed by atoms with Crippen LogP contribution in [0.2, 0.25) is 0 Å². The Labute approximate surface area is 68.6 Å². The van der Waals surface area contributed by atoms with Gasteiger partial charge in [-0.05, 0) is 0 Å². The van der Waals surface area contributed by atoms with E-state index in [2.05, 4.69) is 0 Å². The summed E-state index contributed by atoms with van der Waals surface area (Å²) in [5.74, 6) is 0. The van der Waals surface area contributed by atoms with E-state index in [-0.39, 0.29) is 36.1 Å². The summed E-state index contributed by atoms with van der Waals surface area (Å²) < 4.78 is 29.5. The number of hydrogen-bond acceptors (Lipinski definition) is 4. The summed E-state index contributed by atoms with van der Waals surface area (Å²) in [6.07, 6.45) is 0. The summed E-state index contributed by atoms with van der Waals surface area (Å²) in [7, 11) is 0. The fraction of sp³-hybridized carbons (Fsp3) is 0. The summed E-state index contributed by atoms with van der Waals surface area (Å²) >= 11 is -5.00. The maximum atomic E-state index is 7.38. The predicted molar refractivity (Wildman–Crippen MR) is 20.0 cm³/mol. The van der Waals surface area contributed by atoms with Gasteiger partial charge < -0.3 is 0 Å². The molecule has 0 aromatic carbocycles. The minimum absolute atomic E-state index is 0. The molecule has 0 bridgehead atoms. The van der Waals surface area contributed by atoms with E-state index >= 15 is 0 Å². The van der Waals surface area contributed by atoms with Gasteiger partial charge in [0.15, 0.2) is 0 Å². The zero-order valence-corrected chi connectivity index (χ0v) is 8.93. The fourth-order valence-corrected chi connectivity index (χ4v) is 0. The molecule has 0 aromatic rings. The minimum atomic E-state index is -5.00. The largest absolute Gasteiger partial charge is 0 e. The Morgan fingerprint density at radius 2 is 0.857 bits per heavy atom. The molecule has 0 rings (SSSR count). The van der Waals surface area contributed by atoms with Crippen LogP contribution in [0, 0.1) is 0 Å². The molecule has 4 N–H and O–H groups in total. The van der Waals surface area contributed by atoms with E-state index < -0.39 is 18.1 Å². The van der Waals surface area contributed by atoms with Crippen molar-refractivity contribution in [2.24, 2.45) is 0 Å². The minimum Gasteiger partial charge on any atom is 0 e. The van der Waals surface area contributed by atoms with Crippen LogP contribution in [-0.4, -0.2) is 14.8 Å². The van der Waals surface area contributed by atoms with Crippen molar-refractivity contribution in [2.75, 3.05) is 0 Å². The molecular formula is H7O4PTiZr. The van der Waals surface area contributed by atoms with Crippen LogP contribution in [0.4, 0.5) is 0 Å². The summed E-state index contributed by atoms with van der Waals surface area (Å²) in [5, 5.41) is 0. The van der Waals surface area contributed by atoms with Gasteiger partial charge in [-0.3, -0.25) is 0 Å². The van der Waals surface area contributed by atoms with Crippen LogP contribution in [0.25, 0.3) is 0 Å². The molecule has 4 nitrogen and oxygen atoms in total. The fourth-order valence-electron chi connectivity index (χ4n) is 0. The molecule has 0 saturated heterocycles. The van der Waals surface area contributed by atoms with Gasteiger partial charge in [-0.2, -0.15) is 9.90 Å². The van der Waals surface area contributed by atoms with E-state index in [9.17, 15) is 0 Å². The maximum Gasteiger partial charge on any atom is 0 e. The monoisotopic (exact) mass is 240 g/mol. The van der Waals surface area contributed by atoms with Crippen molar-refractivity contribution in [3.05, 3.63) is 0 Å². The Bertz CT molecular complexity index is 27.2. The predicted octanol–water partition coefficient (Wildman–Crippen LogP) is -2.17. The zero-order chi connectivity index (χ0) is 4.50. The standard InChI is InChI=1S/4H2O.H3P.Ti.Zr/h4*1H2;1H3;;/q;;;;;+4;/p-4. The Hall–Kier alpha value is 1.87. The second kappa shape index (κ2) is 5.99. The molecule has 44 valence electrons. The van der Waals surface area contributed by atoms with E-state index in [4.69, 9.17) is 14.8 Å². The molecule has 0 aromatic heterocycles. The topological polar surface area (TPSA) is 80.9 Å². The molecule has 7 heavy (non-hydrogen) atoms. The van der Waals surface area contributed by atoms with Crippen LogP contribution >= 0.6 is 9.90 Å². The van der Waals surface area contributed by atoms with Crippen LogP contribution < -0.4 is 0 Å². The summed E-state index contributed by atoms with van der Waals surface area (Å²) in [6.45, 7) is 0. The van der Waals surface area contributed by atoms with Crippen molar-refractivity contribution in [3.8, 4) is 0 Å². The summed E-state index contributed by atoms with van der Waals surface area (Å²) in [6, 6.07) is 0. The van der Waals surface area contributed by atoms with E-state index in [0.29, 0.717) is 0 Å². The first-order valence-electron chi connectivity index (χ1n) is 0.894. The molecule has 0 aliphatic rings. The third-order valence-electron chi connectivity index (χ3n) is 0. The molecular weight excluding hydrogens is 234 g/mol. The molecule has 0 fully saturated rings. The average Bonchev–Trinajstić information content (AvgIpc) is 0.722. The van der Waals surface area contributed by atoms with E-state index in [1.807, 2.05) is 0 Å². The van der Waals surface area contributed by atoms with Crippen LogP contribution in [0.15, 0.2) is 0 Å². The Kier molecular flexibility index (Phi) is 13.7. The van der Waals surface area contributed by atoms with Gasteiger partial charge in [0.1, 0.15) is 0 Å². The molecule has 0 aliphatic carbocycles. The quantitative estimate of drug-likeness (QED) is 0.287. The Morgan fingerprint density at radius 3 is 0.857 bits per heavy atom. The number of rotatable bonds is 0. The van der Waals surface area contributed by atoms with Crippen LogP contribution in [0.5, 0.6) is 0 Å². The Morgan fingerprint density at radius 1 is 0.857 bits per heavy atom. The van der Waals surface area contributed by atoms with Crippen LogP contribution in [-0.2, 0) is 44.3 Å². The molecule has 0 heterocycles. The first kappa shape index (κ1) is 15.9. The molecule has 0 spiro atoms. The Balaban J connectivity index is -0.0000000800. The molecule has 7 heteroatoms. The summed E-state index contributed by atoms with van der Waals surface area (Å²) in [5.41, 5.74) is 0. The molecule has 1 atom stereocenters. The third kappa shape index (κ3) is 77.7. The van der Waals surface area contributed by atoms with Crippen molar-refractivity contribution in [1.29, 1.82) is 0 Å². The molecule has 0 amide bonds. The first-order chi connectivity index (χ1) is 2.00. The number of hydrogen-bond donors (Lipinski definition) is 4. The molecule has 1 unspecified atom stereocenters. The van der Waals surface area contributed by atoms with Gasteiger partial charge in [-0.15, -0.1) is 0 Å². The van der Waals surface area contributed by atoms with E-state index in [0.717, 1.165) is 0 Å². The van der Waals surface area contributed by atoms with Crippen molar-refractivity contribution in [2.45, 2.75) is 0 Å². The van der Waals surface area contributed by atoms with Gasteiger partial charge >= 0.3 is 32.9 Å². The van der Waals surface area contributed by atoms with Gasteiger partial charge in [0.05, 0.1) is 0 Å². The van der Waals surface area contributed by atoms with Crippen LogP contribution in [0.1, 0.15) is 0 Å². The smallest absolute Gasteiger partial charge is 0 e. The van der Waals surface area contributed by atoms with Gasteiger partial charge in [0.25, 0.3) is 0 Å². The SMILES string of the molecule is P.[OH][Ti]([OH])([OH])[OH].[Zr]. The van der Waals surface area contributed by atoms with Crippen molar-refractivity contribution in [3.63, 3.8) is 0 Å². The van der Waals surface area contributed by atoms with Gasteiger partial charge in [-0.1, -0.05) is 0 Å². The van der Waals surface area contributed by atoms with Crippen molar-refractivity contribution < 1.29 is 59.1 Å². The van der Waals surface area contributed by atoms with Gasteiger partial charge in [0.2, 0.25) is 0 Å². The second-order valence-electron chi connectivity index (χ2n) is 0.600. The molecule has 0 radical (unpaired) electrons. The van der Waals surface area contributed by atoms with Crippen LogP contribution in [0.3, 0.4) is 0 Å². The van der Waals surface area contributed by atoms with E-state index in [1.165, 1.54) is 0 Å². The maximum absolute atomic E-state index is 7.38. The van der Waals surface area contributed by atoms with Gasteiger partial charge in [0, 0.05) is 26.2 Å². The first-order valence-corrected chi connectivity index (χ1v) is 3.69. The third-order valence-corrected chi connectivity index (χ3v) is 0. The molecule has 0 aliphatic heterocycles. The van der Waals surface area contributed by atoms with Crippen molar-refractivity contribution in [1.82, 2.24) is 0 Å². The summed E-state index contributed by atoms with van der Waals surface area (Å²) in [4.78, 5) is 0. The average molecular weight is 241 g/mol. The van der Waals surface area contributed by atoms with Crippen molar-refractivity contribution >= 4 is 9.90 Å². The van der Waals surface area contributed by atoms with E-state index in [1.54, 1.807) is 0 Å². The molecule has 0 saturated carbocycles.